The summed E-state index contributed by atoms with van der Waals surface area (Å²) in [5.74, 6) is -2.42. The first-order valence-corrected chi connectivity index (χ1v) is 11.0. The van der Waals surface area contributed by atoms with Crippen LogP contribution < -0.4 is 10.2 Å². The minimum Gasteiger partial charge on any atom is -0.452 e. The lowest BCUT2D eigenvalue weighted by Gasteiger charge is -2.14. The molecule has 3 aromatic rings. The molecule has 0 saturated carbocycles. The molecular weight excluding hydrogens is 479 g/mol. The summed E-state index contributed by atoms with van der Waals surface area (Å²) in [5.41, 5.74) is 1.40. The topological polar surface area (TPSA) is 92.8 Å². The van der Waals surface area contributed by atoms with E-state index in [1.165, 1.54) is 36.4 Å². The number of anilines is 1. The predicted octanol–water partition coefficient (Wildman–Crippen LogP) is 4.83. The highest BCUT2D eigenvalue weighted by Gasteiger charge is 2.37. The Morgan fingerprint density at radius 3 is 2.32 bits per heavy atom. The van der Waals surface area contributed by atoms with Gasteiger partial charge < -0.3 is 10.1 Å². The number of hydrogen-bond acceptors (Lipinski definition) is 5. The highest BCUT2D eigenvalue weighted by Crippen LogP contribution is 2.33. The second kappa shape index (κ2) is 9.67. The van der Waals surface area contributed by atoms with E-state index in [9.17, 15) is 19.2 Å². The third-order valence-corrected chi connectivity index (χ3v) is 6.03. The first-order valence-electron chi connectivity index (χ1n) is 10.3. The van der Waals surface area contributed by atoms with Crippen molar-refractivity contribution in [2.75, 3.05) is 11.5 Å². The van der Waals surface area contributed by atoms with Crippen molar-refractivity contribution in [3.05, 3.63) is 99.0 Å². The van der Waals surface area contributed by atoms with Gasteiger partial charge in [-0.1, -0.05) is 53.5 Å². The van der Waals surface area contributed by atoms with E-state index < -0.39 is 30.3 Å². The van der Waals surface area contributed by atoms with Crippen LogP contribution in [-0.4, -0.2) is 30.3 Å². The molecule has 1 atom stereocenters. The van der Waals surface area contributed by atoms with E-state index >= 15 is 0 Å². The van der Waals surface area contributed by atoms with Gasteiger partial charge in [-0.3, -0.25) is 14.4 Å². The molecule has 1 aliphatic rings. The molecule has 0 bridgehead atoms. The van der Waals surface area contributed by atoms with Crippen molar-refractivity contribution in [1.29, 1.82) is 0 Å². The number of imide groups is 1. The molecule has 34 heavy (non-hydrogen) atoms. The number of fused-ring (bicyclic) bond motifs is 1. The zero-order valence-electron chi connectivity index (χ0n) is 17.9. The third-order valence-electron chi connectivity index (χ3n) is 5.30. The van der Waals surface area contributed by atoms with Gasteiger partial charge in [0.1, 0.15) is 0 Å². The van der Waals surface area contributed by atoms with Crippen LogP contribution in [0.1, 0.15) is 49.6 Å². The molecule has 1 unspecified atom stereocenters. The van der Waals surface area contributed by atoms with Gasteiger partial charge in [-0.25, -0.2) is 9.69 Å². The van der Waals surface area contributed by atoms with Gasteiger partial charge >= 0.3 is 5.97 Å². The van der Waals surface area contributed by atoms with Gasteiger partial charge in [0.2, 0.25) is 0 Å². The summed E-state index contributed by atoms with van der Waals surface area (Å²) in [6, 6.07) is 17.5. The summed E-state index contributed by atoms with van der Waals surface area (Å²) in [6.45, 7) is 1.33. The molecule has 3 aromatic carbocycles. The van der Waals surface area contributed by atoms with Crippen LogP contribution in [0.5, 0.6) is 0 Å². The molecule has 0 saturated heterocycles. The van der Waals surface area contributed by atoms with E-state index in [4.69, 9.17) is 27.9 Å². The van der Waals surface area contributed by atoms with Crippen molar-refractivity contribution < 1.29 is 23.9 Å². The van der Waals surface area contributed by atoms with E-state index in [-0.39, 0.29) is 38.5 Å². The molecule has 1 heterocycles. The van der Waals surface area contributed by atoms with Crippen molar-refractivity contribution in [2.45, 2.75) is 13.0 Å². The van der Waals surface area contributed by atoms with Crippen molar-refractivity contribution in [3.8, 4) is 0 Å². The SMILES string of the molecule is CC(NC(=O)COC(=O)c1ccc2c(c1)C(=O)N(c1ccc(Cl)c(Cl)c1)C2=O)c1ccccc1. The van der Waals surface area contributed by atoms with Crippen LogP contribution in [0.25, 0.3) is 0 Å². The molecule has 0 radical (unpaired) electrons. The number of benzene rings is 3. The Balaban J connectivity index is 1.43. The summed E-state index contributed by atoms with van der Waals surface area (Å²) in [4.78, 5) is 51.3. The summed E-state index contributed by atoms with van der Waals surface area (Å²) in [5, 5.41) is 3.23. The lowest BCUT2D eigenvalue weighted by molar-refractivity contribution is -0.124. The number of ether oxygens (including phenoxy) is 1. The van der Waals surface area contributed by atoms with Crippen LogP contribution in [0.4, 0.5) is 5.69 Å². The molecular formula is C25H18Cl2N2O5. The molecule has 0 aromatic heterocycles. The van der Waals surface area contributed by atoms with Gasteiger partial charge in [-0.05, 0) is 48.9 Å². The number of carbonyl (C=O) groups is 4. The highest BCUT2D eigenvalue weighted by molar-refractivity contribution is 6.42. The maximum Gasteiger partial charge on any atom is 0.338 e. The van der Waals surface area contributed by atoms with Crippen molar-refractivity contribution in [3.63, 3.8) is 0 Å². The number of rotatable bonds is 6. The zero-order chi connectivity index (χ0) is 24.4. The molecule has 7 nitrogen and oxygen atoms in total. The standard InChI is InChI=1S/C25H18Cl2N2O5/c1-14(15-5-3-2-4-6-15)28-22(30)13-34-25(33)16-7-9-18-19(11-16)24(32)29(23(18)31)17-8-10-20(26)21(27)12-17/h2-12,14H,13H2,1H3,(H,28,30). The lowest BCUT2D eigenvalue weighted by atomic mass is 10.1. The third kappa shape index (κ3) is 4.66. The molecule has 3 amide bonds. The van der Waals surface area contributed by atoms with Gasteiger partial charge in [0, 0.05) is 0 Å². The molecule has 172 valence electrons. The van der Waals surface area contributed by atoms with Crippen LogP contribution >= 0.6 is 23.2 Å². The van der Waals surface area contributed by atoms with Crippen LogP contribution in [0.3, 0.4) is 0 Å². The zero-order valence-corrected chi connectivity index (χ0v) is 19.4. The Morgan fingerprint density at radius 2 is 1.62 bits per heavy atom. The number of carbonyl (C=O) groups excluding carboxylic acids is 4. The second-order valence-corrected chi connectivity index (χ2v) is 8.39. The maximum atomic E-state index is 12.9. The van der Waals surface area contributed by atoms with E-state index in [2.05, 4.69) is 5.32 Å². The van der Waals surface area contributed by atoms with Crippen LogP contribution in [0.15, 0.2) is 66.7 Å². The Morgan fingerprint density at radius 1 is 0.912 bits per heavy atom. The molecule has 1 aliphatic heterocycles. The fourth-order valence-corrected chi connectivity index (χ4v) is 3.84. The number of amides is 3. The van der Waals surface area contributed by atoms with Gasteiger partial charge in [0.25, 0.3) is 17.7 Å². The molecule has 9 heteroatoms. The number of esters is 1. The molecule has 0 spiro atoms. The Bertz CT molecular complexity index is 1310. The second-order valence-electron chi connectivity index (χ2n) is 7.58. The normalized spacial score (nSPS) is 13.4. The predicted molar refractivity (Wildman–Crippen MR) is 127 cm³/mol. The molecule has 4 rings (SSSR count). The number of nitrogens with zero attached hydrogens (tertiary/aromatic N) is 1. The monoisotopic (exact) mass is 496 g/mol. The van der Waals surface area contributed by atoms with E-state index in [0.29, 0.717) is 0 Å². The van der Waals surface area contributed by atoms with E-state index in [0.717, 1.165) is 10.5 Å². The Labute approximate surface area is 205 Å². The van der Waals surface area contributed by atoms with E-state index in [1.54, 1.807) is 0 Å². The Kier molecular flexibility index (Phi) is 6.68. The smallest absolute Gasteiger partial charge is 0.338 e. The van der Waals surface area contributed by atoms with Gasteiger partial charge in [-0.15, -0.1) is 0 Å². The lowest BCUT2D eigenvalue weighted by Crippen LogP contribution is -2.31. The highest BCUT2D eigenvalue weighted by atomic mass is 35.5. The van der Waals surface area contributed by atoms with Gasteiger partial charge in [0.05, 0.1) is 38.5 Å². The minimum atomic E-state index is -0.793. The quantitative estimate of drug-likeness (QED) is 0.389. The van der Waals surface area contributed by atoms with Crippen molar-refractivity contribution in [2.24, 2.45) is 0 Å². The largest absolute Gasteiger partial charge is 0.452 e. The fourth-order valence-electron chi connectivity index (χ4n) is 3.55. The fraction of sp³-hybridized carbons (Fsp3) is 0.120. The summed E-state index contributed by atoms with van der Waals surface area (Å²) in [7, 11) is 0. The van der Waals surface area contributed by atoms with Crippen molar-refractivity contribution in [1.82, 2.24) is 5.32 Å². The average molecular weight is 497 g/mol. The van der Waals surface area contributed by atoms with Crippen molar-refractivity contribution >= 4 is 52.6 Å². The maximum absolute atomic E-state index is 12.9. The summed E-state index contributed by atoms with van der Waals surface area (Å²) < 4.78 is 5.10. The summed E-state index contributed by atoms with van der Waals surface area (Å²) in [6.07, 6.45) is 0. The van der Waals surface area contributed by atoms with Gasteiger partial charge in [0.15, 0.2) is 6.61 Å². The van der Waals surface area contributed by atoms with E-state index in [1.807, 2.05) is 37.3 Å². The first-order chi connectivity index (χ1) is 16.3. The van der Waals surface area contributed by atoms with Gasteiger partial charge in [-0.2, -0.15) is 0 Å². The summed E-state index contributed by atoms with van der Waals surface area (Å²) >= 11 is 11.9. The molecule has 1 N–H and O–H groups in total. The first kappa shape index (κ1) is 23.5. The number of nitrogens with one attached hydrogen (secondary N) is 1. The van der Waals surface area contributed by atoms with Crippen LogP contribution in [0.2, 0.25) is 10.0 Å². The average Bonchev–Trinajstić information content (AvgIpc) is 3.09. The van der Waals surface area contributed by atoms with Crippen LogP contribution in [0, 0.1) is 0 Å². The Hall–Kier alpha value is -3.68. The number of halogens is 2. The molecule has 0 aliphatic carbocycles. The minimum absolute atomic E-state index is 0.0415. The number of hydrogen-bond donors (Lipinski definition) is 1. The van der Waals surface area contributed by atoms with Crippen LogP contribution in [-0.2, 0) is 9.53 Å². The molecule has 0 fully saturated rings.